The molecule has 0 bridgehead atoms. The first-order valence-corrected chi connectivity index (χ1v) is 8.69. The predicted octanol–water partition coefficient (Wildman–Crippen LogP) is 2.14. The van der Waals surface area contributed by atoms with Gasteiger partial charge in [0.1, 0.15) is 11.7 Å². The number of carbonyl (C=O) groups is 1. The third-order valence-corrected chi connectivity index (χ3v) is 4.76. The normalized spacial score (nSPS) is 18.2. The Kier molecular flexibility index (Phi) is 5.16. The van der Waals surface area contributed by atoms with E-state index in [9.17, 15) is 4.79 Å². The van der Waals surface area contributed by atoms with Gasteiger partial charge in [-0.05, 0) is 52.9 Å². The summed E-state index contributed by atoms with van der Waals surface area (Å²) in [5, 5.41) is 9.54. The van der Waals surface area contributed by atoms with Crippen molar-refractivity contribution in [2.75, 3.05) is 38.6 Å². The molecular formula is C18H27N5O. The highest BCUT2D eigenvalue weighted by atomic mass is 16.1. The Morgan fingerprint density at radius 1 is 1.33 bits per heavy atom. The van der Waals surface area contributed by atoms with E-state index in [0.717, 1.165) is 48.2 Å². The van der Waals surface area contributed by atoms with Gasteiger partial charge in [-0.15, -0.1) is 0 Å². The second-order valence-corrected chi connectivity index (χ2v) is 6.77. The molecule has 2 aromatic rings. The van der Waals surface area contributed by atoms with Gasteiger partial charge in [-0.25, -0.2) is 0 Å². The molecule has 0 radical (unpaired) electrons. The average Bonchev–Trinajstić information content (AvgIpc) is 2.94. The Morgan fingerprint density at radius 3 is 2.83 bits per heavy atom. The van der Waals surface area contributed by atoms with Crippen LogP contribution in [0.4, 0.5) is 5.69 Å². The first-order valence-electron chi connectivity index (χ1n) is 8.69. The van der Waals surface area contributed by atoms with Crippen LogP contribution in [0.15, 0.2) is 18.2 Å². The van der Waals surface area contributed by atoms with Crippen molar-refractivity contribution < 1.29 is 4.79 Å². The van der Waals surface area contributed by atoms with Crippen molar-refractivity contribution in [3.8, 4) is 0 Å². The summed E-state index contributed by atoms with van der Waals surface area (Å²) < 4.78 is 2.10. The number of aromatic nitrogens is 2. The first-order chi connectivity index (χ1) is 11.6. The number of carbonyl (C=O) groups excluding carboxylic acids is 1. The minimum Gasteiger partial charge on any atom is -0.312 e. The number of fused-ring (bicyclic) bond motifs is 1. The zero-order valence-corrected chi connectivity index (χ0v) is 14.8. The van der Waals surface area contributed by atoms with Crippen LogP contribution in [0.1, 0.15) is 31.1 Å². The van der Waals surface area contributed by atoms with Crippen LogP contribution in [0.2, 0.25) is 0 Å². The van der Waals surface area contributed by atoms with Gasteiger partial charge >= 0.3 is 0 Å². The van der Waals surface area contributed by atoms with Gasteiger partial charge in [0, 0.05) is 24.2 Å². The molecule has 0 aliphatic carbocycles. The quantitative estimate of drug-likeness (QED) is 0.825. The fourth-order valence-electron chi connectivity index (χ4n) is 3.35. The van der Waals surface area contributed by atoms with E-state index < -0.39 is 0 Å². The summed E-state index contributed by atoms with van der Waals surface area (Å²) >= 11 is 0. The summed E-state index contributed by atoms with van der Waals surface area (Å²) in [6.07, 6.45) is 4.72. The molecule has 2 heterocycles. The lowest BCUT2D eigenvalue weighted by molar-refractivity contribution is -0.107. The van der Waals surface area contributed by atoms with Crippen LogP contribution in [-0.4, -0.2) is 54.8 Å². The maximum Gasteiger partial charge on any atom is 0.214 e. The third kappa shape index (κ3) is 3.30. The second-order valence-electron chi connectivity index (χ2n) is 6.77. The molecule has 6 nitrogen and oxygen atoms in total. The summed E-state index contributed by atoms with van der Waals surface area (Å²) in [5.74, 6) is 0. The molecule has 1 N–H and O–H groups in total. The highest BCUT2D eigenvalue weighted by molar-refractivity contribution is 5.97. The maximum absolute atomic E-state index is 11.6. The molecule has 1 atom stereocenters. The van der Waals surface area contributed by atoms with Gasteiger partial charge in [0.15, 0.2) is 0 Å². The van der Waals surface area contributed by atoms with Crippen LogP contribution in [0.5, 0.6) is 0 Å². The molecule has 3 rings (SSSR count). The molecule has 24 heavy (non-hydrogen) atoms. The lowest BCUT2D eigenvalue weighted by Crippen LogP contribution is -2.32. The Balaban J connectivity index is 1.98. The van der Waals surface area contributed by atoms with Crippen LogP contribution in [-0.2, 0) is 4.79 Å². The predicted molar refractivity (Wildman–Crippen MR) is 97.3 cm³/mol. The van der Waals surface area contributed by atoms with Gasteiger partial charge in [-0.3, -0.25) is 14.8 Å². The molecule has 0 saturated carbocycles. The Morgan fingerprint density at radius 2 is 2.17 bits per heavy atom. The van der Waals surface area contributed by atoms with Crippen LogP contribution in [0.3, 0.4) is 0 Å². The van der Waals surface area contributed by atoms with E-state index in [4.69, 9.17) is 5.10 Å². The molecule has 130 valence electrons. The topological polar surface area (TPSA) is 53.4 Å². The summed E-state index contributed by atoms with van der Waals surface area (Å²) in [7, 11) is 4.02. The Bertz CT molecular complexity index is 703. The van der Waals surface area contributed by atoms with Crippen molar-refractivity contribution in [1.82, 2.24) is 20.0 Å². The van der Waals surface area contributed by atoms with Crippen LogP contribution in [0, 0.1) is 6.92 Å². The van der Waals surface area contributed by atoms with Crippen LogP contribution in [0.25, 0.3) is 10.9 Å². The van der Waals surface area contributed by atoms with E-state index in [1.807, 2.05) is 26.2 Å². The molecule has 0 spiro atoms. The summed E-state index contributed by atoms with van der Waals surface area (Å²) in [4.78, 5) is 15.4. The smallest absolute Gasteiger partial charge is 0.214 e. The van der Waals surface area contributed by atoms with E-state index in [0.29, 0.717) is 6.54 Å². The van der Waals surface area contributed by atoms with Crippen molar-refractivity contribution in [2.24, 2.45) is 0 Å². The number of hydrogen-bond acceptors (Lipinski definition) is 4. The van der Waals surface area contributed by atoms with E-state index in [-0.39, 0.29) is 6.17 Å². The fraction of sp³-hybridized carbons (Fsp3) is 0.556. The van der Waals surface area contributed by atoms with E-state index in [2.05, 4.69) is 27.9 Å². The Hall–Kier alpha value is -1.92. The van der Waals surface area contributed by atoms with Crippen molar-refractivity contribution >= 4 is 23.0 Å². The van der Waals surface area contributed by atoms with E-state index in [1.165, 1.54) is 12.8 Å². The van der Waals surface area contributed by atoms with Crippen molar-refractivity contribution in [2.45, 2.75) is 32.4 Å². The number of aryl methyl sites for hydroxylation is 1. The van der Waals surface area contributed by atoms with Crippen LogP contribution >= 0.6 is 0 Å². The number of piperidine rings is 1. The minimum atomic E-state index is 0.255. The van der Waals surface area contributed by atoms with Crippen molar-refractivity contribution in [1.29, 1.82) is 0 Å². The van der Waals surface area contributed by atoms with Gasteiger partial charge < -0.3 is 9.80 Å². The summed E-state index contributed by atoms with van der Waals surface area (Å²) in [5.41, 5.74) is 2.96. The largest absolute Gasteiger partial charge is 0.312 e. The molecule has 1 saturated heterocycles. The monoisotopic (exact) mass is 329 g/mol. The summed E-state index contributed by atoms with van der Waals surface area (Å²) in [6, 6.07) is 6.09. The number of hydrogen-bond donors (Lipinski definition) is 1. The fourth-order valence-corrected chi connectivity index (χ4v) is 3.35. The van der Waals surface area contributed by atoms with Gasteiger partial charge in [-0.1, -0.05) is 12.1 Å². The number of likely N-dealkylation sites (N-methyl/N-ethyl adjacent to an activating group) is 1. The third-order valence-electron chi connectivity index (χ3n) is 4.76. The zero-order valence-electron chi connectivity index (χ0n) is 14.8. The molecule has 1 aromatic carbocycles. The maximum atomic E-state index is 11.6. The number of anilines is 1. The first kappa shape index (κ1) is 16.9. The second kappa shape index (κ2) is 7.32. The van der Waals surface area contributed by atoms with Gasteiger partial charge in [0.2, 0.25) is 6.41 Å². The lowest BCUT2D eigenvalue weighted by Gasteiger charge is -2.24. The minimum absolute atomic E-state index is 0.255. The zero-order chi connectivity index (χ0) is 17.1. The lowest BCUT2D eigenvalue weighted by atomic mass is 10.1. The highest BCUT2D eigenvalue weighted by Gasteiger charge is 2.21. The number of nitrogens with zero attached hydrogens (tertiary/aromatic N) is 4. The van der Waals surface area contributed by atoms with E-state index in [1.54, 1.807) is 4.90 Å². The SMILES string of the molecule is Cc1c2cccc(N(C=O)CCN(C)C)c2nn1C1CCCCN1. The summed E-state index contributed by atoms with van der Waals surface area (Å²) in [6.45, 7) is 4.62. The molecule has 1 amide bonds. The molecule has 1 aromatic heterocycles. The average molecular weight is 329 g/mol. The number of rotatable bonds is 6. The van der Waals surface area contributed by atoms with Gasteiger partial charge in [0.05, 0.1) is 5.69 Å². The molecule has 1 fully saturated rings. The standard InChI is InChI=1S/C18H27N5O/c1-14-15-7-6-8-16(22(13-24)12-11-21(2)3)18(15)20-23(14)17-9-4-5-10-19-17/h6-8,13,17,19H,4-5,9-12H2,1-3H3. The molecule has 1 aliphatic heterocycles. The van der Waals surface area contributed by atoms with E-state index >= 15 is 0 Å². The highest BCUT2D eigenvalue weighted by Crippen LogP contribution is 2.30. The van der Waals surface area contributed by atoms with Crippen molar-refractivity contribution in [3.05, 3.63) is 23.9 Å². The molecular weight excluding hydrogens is 302 g/mol. The van der Waals surface area contributed by atoms with Crippen molar-refractivity contribution in [3.63, 3.8) is 0 Å². The number of nitrogens with one attached hydrogen (secondary N) is 1. The Labute approximate surface area is 143 Å². The number of benzene rings is 1. The van der Waals surface area contributed by atoms with Crippen LogP contribution < -0.4 is 10.2 Å². The number of amides is 1. The van der Waals surface area contributed by atoms with Gasteiger partial charge in [-0.2, -0.15) is 5.10 Å². The molecule has 1 unspecified atom stereocenters. The molecule has 1 aliphatic rings. The molecule has 6 heteroatoms. The van der Waals surface area contributed by atoms with Gasteiger partial charge in [0.25, 0.3) is 0 Å².